The molecule has 0 saturated carbocycles. The van der Waals surface area contributed by atoms with Crippen LogP contribution in [-0.2, 0) is 6.54 Å². The van der Waals surface area contributed by atoms with E-state index in [1.807, 2.05) is 24.0 Å². The number of carbonyl (C=O) groups excluding carboxylic acids is 1. The van der Waals surface area contributed by atoms with Crippen molar-refractivity contribution in [3.8, 4) is 0 Å². The van der Waals surface area contributed by atoms with E-state index in [-0.39, 0.29) is 5.91 Å². The summed E-state index contributed by atoms with van der Waals surface area (Å²) in [4.78, 5) is 22.7. The highest BCUT2D eigenvalue weighted by Crippen LogP contribution is 2.31. The fourth-order valence-electron chi connectivity index (χ4n) is 4.46. The first kappa shape index (κ1) is 19.6. The second kappa shape index (κ2) is 8.75. The van der Waals surface area contributed by atoms with Gasteiger partial charge in [0, 0.05) is 31.2 Å². The molecule has 2 fully saturated rings. The Morgan fingerprint density at radius 2 is 1.86 bits per heavy atom. The zero-order chi connectivity index (χ0) is 19.5. The molecule has 2 aromatic heterocycles. The number of rotatable bonds is 4. The summed E-state index contributed by atoms with van der Waals surface area (Å²) >= 11 is 1.77. The van der Waals surface area contributed by atoms with E-state index in [1.165, 1.54) is 5.56 Å². The topological polar surface area (TPSA) is 36.4 Å². The van der Waals surface area contributed by atoms with Crippen molar-refractivity contribution < 1.29 is 4.79 Å². The number of amides is 1. The minimum Gasteiger partial charge on any atom is -0.339 e. The van der Waals surface area contributed by atoms with Crippen LogP contribution in [0, 0.1) is 12.8 Å². The molecular weight excluding hydrogens is 366 g/mol. The van der Waals surface area contributed by atoms with E-state index in [4.69, 9.17) is 4.98 Å². The molecule has 0 N–H and O–H groups in total. The summed E-state index contributed by atoms with van der Waals surface area (Å²) in [5.41, 5.74) is 4.31. The lowest BCUT2D eigenvalue weighted by atomic mass is 9.89. The SMILES string of the molecule is Cc1ccc(C(=O)N2CCC(C)CC2)c(C2CCN(Cc3ccsc3)CC2)n1. The molecule has 2 saturated heterocycles. The van der Waals surface area contributed by atoms with Gasteiger partial charge in [-0.15, -0.1) is 0 Å². The molecule has 28 heavy (non-hydrogen) atoms. The molecule has 4 nitrogen and oxygen atoms in total. The van der Waals surface area contributed by atoms with Crippen molar-refractivity contribution in [2.75, 3.05) is 26.2 Å². The molecule has 4 rings (SSSR count). The van der Waals surface area contributed by atoms with E-state index in [0.717, 1.165) is 81.3 Å². The van der Waals surface area contributed by atoms with Crippen LogP contribution in [0.5, 0.6) is 0 Å². The molecule has 0 spiro atoms. The molecule has 2 aliphatic heterocycles. The smallest absolute Gasteiger partial charge is 0.255 e. The standard InChI is InChI=1S/C23H31N3OS/c1-17-5-12-26(13-6-17)23(27)21-4-3-18(2)24-22(21)20-7-10-25(11-8-20)15-19-9-14-28-16-19/h3-4,9,14,16-17,20H,5-8,10-13,15H2,1-2H3. The summed E-state index contributed by atoms with van der Waals surface area (Å²) in [5.74, 6) is 1.31. The van der Waals surface area contributed by atoms with Gasteiger partial charge in [0.25, 0.3) is 5.91 Å². The molecule has 0 bridgehead atoms. The highest BCUT2D eigenvalue weighted by molar-refractivity contribution is 7.07. The van der Waals surface area contributed by atoms with E-state index >= 15 is 0 Å². The summed E-state index contributed by atoms with van der Waals surface area (Å²) in [6, 6.07) is 6.24. The van der Waals surface area contributed by atoms with Crippen LogP contribution >= 0.6 is 11.3 Å². The molecule has 4 heterocycles. The first-order valence-corrected chi connectivity index (χ1v) is 11.5. The van der Waals surface area contributed by atoms with Gasteiger partial charge in [0.15, 0.2) is 0 Å². The first-order valence-electron chi connectivity index (χ1n) is 10.6. The Labute approximate surface area is 172 Å². The maximum absolute atomic E-state index is 13.2. The molecule has 5 heteroatoms. The summed E-state index contributed by atoms with van der Waals surface area (Å²) < 4.78 is 0. The van der Waals surface area contributed by atoms with Crippen molar-refractivity contribution in [1.29, 1.82) is 0 Å². The molecule has 0 atom stereocenters. The van der Waals surface area contributed by atoms with Gasteiger partial charge in [-0.05, 0) is 86.1 Å². The number of hydrogen-bond donors (Lipinski definition) is 0. The highest BCUT2D eigenvalue weighted by Gasteiger charge is 2.29. The van der Waals surface area contributed by atoms with E-state index < -0.39 is 0 Å². The average molecular weight is 398 g/mol. The van der Waals surface area contributed by atoms with Crippen molar-refractivity contribution in [3.63, 3.8) is 0 Å². The van der Waals surface area contributed by atoms with Crippen molar-refractivity contribution in [2.45, 2.75) is 52.0 Å². The van der Waals surface area contributed by atoms with E-state index in [0.29, 0.717) is 5.92 Å². The Bertz CT molecular complexity index is 788. The van der Waals surface area contributed by atoms with Gasteiger partial charge in [0.05, 0.1) is 11.3 Å². The Kier molecular flexibility index (Phi) is 6.12. The van der Waals surface area contributed by atoms with Crippen LogP contribution < -0.4 is 0 Å². The van der Waals surface area contributed by atoms with Crippen LogP contribution in [-0.4, -0.2) is 46.9 Å². The Morgan fingerprint density at radius 1 is 1.11 bits per heavy atom. The van der Waals surface area contributed by atoms with Gasteiger partial charge in [-0.3, -0.25) is 14.7 Å². The van der Waals surface area contributed by atoms with Crippen LogP contribution in [0.25, 0.3) is 0 Å². The van der Waals surface area contributed by atoms with Gasteiger partial charge in [0.2, 0.25) is 0 Å². The molecule has 0 unspecified atom stereocenters. The molecule has 0 radical (unpaired) electrons. The summed E-state index contributed by atoms with van der Waals surface area (Å²) in [5, 5.41) is 4.39. The highest BCUT2D eigenvalue weighted by atomic mass is 32.1. The van der Waals surface area contributed by atoms with Crippen molar-refractivity contribution >= 4 is 17.2 Å². The molecule has 0 aromatic carbocycles. The number of nitrogens with zero attached hydrogens (tertiary/aromatic N) is 3. The summed E-state index contributed by atoms with van der Waals surface area (Å²) in [6.45, 7) is 9.26. The van der Waals surface area contributed by atoms with Crippen molar-refractivity contribution in [3.05, 3.63) is 51.5 Å². The number of likely N-dealkylation sites (tertiary alicyclic amines) is 2. The number of hydrogen-bond acceptors (Lipinski definition) is 4. The Balaban J connectivity index is 1.45. The molecule has 2 aliphatic rings. The predicted molar refractivity (Wildman–Crippen MR) is 115 cm³/mol. The fraction of sp³-hybridized carbons (Fsp3) is 0.565. The average Bonchev–Trinajstić information content (AvgIpc) is 3.22. The predicted octanol–water partition coefficient (Wildman–Crippen LogP) is 4.70. The maximum Gasteiger partial charge on any atom is 0.255 e. The van der Waals surface area contributed by atoms with Gasteiger partial charge in [-0.2, -0.15) is 11.3 Å². The van der Waals surface area contributed by atoms with Crippen LogP contribution in [0.15, 0.2) is 29.0 Å². The van der Waals surface area contributed by atoms with Crippen LogP contribution in [0.4, 0.5) is 0 Å². The van der Waals surface area contributed by atoms with Gasteiger partial charge < -0.3 is 4.90 Å². The third-order valence-corrected chi connectivity index (χ3v) is 7.06. The van der Waals surface area contributed by atoms with Gasteiger partial charge in [-0.1, -0.05) is 6.92 Å². The van der Waals surface area contributed by atoms with Crippen LogP contribution in [0.1, 0.15) is 65.8 Å². The number of pyridine rings is 1. The Morgan fingerprint density at radius 3 is 2.54 bits per heavy atom. The number of piperidine rings is 2. The lowest BCUT2D eigenvalue weighted by Gasteiger charge is -2.34. The van der Waals surface area contributed by atoms with Crippen molar-refractivity contribution in [1.82, 2.24) is 14.8 Å². The van der Waals surface area contributed by atoms with Crippen molar-refractivity contribution in [2.24, 2.45) is 5.92 Å². The van der Waals surface area contributed by atoms with Gasteiger partial charge in [0.1, 0.15) is 0 Å². The van der Waals surface area contributed by atoms with E-state index in [1.54, 1.807) is 11.3 Å². The lowest BCUT2D eigenvalue weighted by molar-refractivity contribution is 0.0694. The zero-order valence-electron chi connectivity index (χ0n) is 17.1. The molecule has 150 valence electrons. The first-order chi connectivity index (χ1) is 13.6. The number of aromatic nitrogens is 1. The molecule has 0 aliphatic carbocycles. The van der Waals surface area contributed by atoms with E-state index in [9.17, 15) is 4.79 Å². The lowest BCUT2D eigenvalue weighted by Crippen LogP contribution is -2.39. The normalized spacial score (nSPS) is 19.9. The second-order valence-electron chi connectivity index (χ2n) is 8.54. The summed E-state index contributed by atoms with van der Waals surface area (Å²) in [7, 11) is 0. The molecule has 1 amide bonds. The van der Waals surface area contributed by atoms with Gasteiger partial charge in [-0.25, -0.2) is 0 Å². The minimum absolute atomic E-state index is 0.190. The number of carbonyl (C=O) groups is 1. The zero-order valence-corrected chi connectivity index (χ0v) is 17.9. The molecular formula is C23H31N3OS. The largest absolute Gasteiger partial charge is 0.339 e. The monoisotopic (exact) mass is 397 g/mol. The fourth-order valence-corrected chi connectivity index (χ4v) is 5.12. The number of thiophene rings is 1. The quantitative estimate of drug-likeness (QED) is 0.750. The Hall–Kier alpha value is -1.72. The third-order valence-electron chi connectivity index (χ3n) is 6.33. The third kappa shape index (κ3) is 4.47. The van der Waals surface area contributed by atoms with Crippen LogP contribution in [0.3, 0.4) is 0 Å². The maximum atomic E-state index is 13.2. The van der Waals surface area contributed by atoms with Gasteiger partial charge >= 0.3 is 0 Å². The second-order valence-corrected chi connectivity index (χ2v) is 9.32. The minimum atomic E-state index is 0.190. The summed E-state index contributed by atoms with van der Waals surface area (Å²) in [6.07, 6.45) is 4.39. The molecule has 2 aromatic rings. The van der Waals surface area contributed by atoms with E-state index in [2.05, 4.69) is 28.7 Å². The van der Waals surface area contributed by atoms with Crippen LogP contribution in [0.2, 0.25) is 0 Å². The number of aryl methyl sites for hydroxylation is 1.